The molecule has 3 rings (SSSR count). The summed E-state index contributed by atoms with van der Waals surface area (Å²) in [6, 6.07) is 4.15. The van der Waals surface area contributed by atoms with Crippen molar-refractivity contribution in [2.24, 2.45) is 11.8 Å². The molecule has 0 radical (unpaired) electrons. The maximum atomic E-state index is 11.9. The van der Waals surface area contributed by atoms with E-state index in [0.717, 1.165) is 37.4 Å². The van der Waals surface area contributed by atoms with Crippen LogP contribution >= 0.6 is 11.3 Å². The van der Waals surface area contributed by atoms with E-state index in [1.54, 1.807) is 0 Å². The summed E-state index contributed by atoms with van der Waals surface area (Å²) in [5.74, 6) is 0.967. The number of piperidine rings is 1. The number of nitrogens with zero attached hydrogens (tertiary/aromatic N) is 1. The summed E-state index contributed by atoms with van der Waals surface area (Å²) in [7, 11) is 0. The molecule has 2 amide bonds. The monoisotopic (exact) mass is 351 g/mol. The van der Waals surface area contributed by atoms with Gasteiger partial charge in [-0.25, -0.2) is 4.79 Å². The highest BCUT2D eigenvalue weighted by Crippen LogP contribution is 2.37. The molecule has 0 aromatic carbocycles. The van der Waals surface area contributed by atoms with Gasteiger partial charge in [-0.1, -0.05) is 6.07 Å². The summed E-state index contributed by atoms with van der Waals surface area (Å²) in [4.78, 5) is 26.4. The molecule has 2 bridgehead atoms. The van der Waals surface area contributed by atoms with Crippen molar-refractivity contribution < 1.29 is 14.3 Å². The van der Waals surface area contributed by atoms with Crippen LogP contribution in [0.3, 0.4) is 0 Å². The van der Waals surface area contributed by atoms with Gasteiger partial charge in [0.05, 0.1) is 11.5 Å². The average Bonchev–Trinajstić information content (AvgIpc) is 3.18. The number of thiophene rings is 1. The van der Waals surface area contributed by atoms with Gasteiger partial charge in [0, 0.05) is 32.2 Å². The minimum atomic E-state index is -0.184. The summed E-state index contributed by atoms with van der Waals surface area (Å²) >= 11 is 1.45. The van der Waals surface area contributed by atoms with Crippen LogP contribution in [-0.4, -0.2) is 55.7 Å². The number of carbonyl (C=O) groups is 2. The lowest BCUT2D eigenvalue weighted by molar-refractivity contribution is 0.0752. The fourth-order valence-corrected chi connectivity index (χ4v) is 4.47. The molecule has 1 saturated carbocycles. The Kier molecular flexibility index (Phi) is 5.73. The Morgan fingerprint density at radius 1 is 1.29 bits per heavy atom. The summed E-state index contributed by atoms with van der Waals surface area (Å²) in [5, 5.41) is 8.43. The van der Waals surface area contributed by atoms with Gasteiger partial charge >= 0.3 is 6.09 Å². The van der Waals surface area contributed by atoms with Crippen LogP contribution in [0.4, 0.5) is 4.79 Å². The van der Waals surface area contributed by atoms with Crippen molar-refractivity contribution in [3.05, 3.63) is 22.4 Å². The van der Waals surface area contributed by atoms with Gasteiger partial charge in [0.25, 0.3) is 5.91 Å². The minimum absolute atomic E-state index is 0.00750. The Bertz CT molecular complexity index is 549. The zero-order valence-electron chi connectivity index (χ0n) is 14.0. The second-order valence-electron chi connectivity index (χ2n) is 6.41. The molecular weight excluding hydrogens is 326 g/mol. The normalized spacial score (nSPS) is 25.5. The third-order valence-corrected chi connectivity index (χ3v) is 5.76. The maximum Gasteiger partial charge on any atom is 0.409 e. The van der Waals surface area contributed by atoms with E-state index in [4.69, 9.17) is 4.74 Å². The van der Waals surface area contributed by atoms with Gasteiger partial charge < -0.3 is 20.3 Å². The highest BCUT2D eigenvalue weighted by Gasteiger charge is 2.43. The first-order valence-electron chi connectivity index (χ1n) is 8.65. The SMILES string of the molecule is CCOC(=O)N1C[C@H]2CC[C@@H](C1)C2NCCNC(=O)c1cccs1. The molecule has 2 N–H and O–H groups in total. The molecule has 0 spiro atoms. The Morgan fingerprint density at radius 3 is 2.67 bits per heavy atom. The zero-order chi connectivity index (χ0) is 16.9. The standard InChI is InChI=1S/C17H25N3O3S/c1-2-23-17(22)20-10-12-5-6-13(11-20)15(12)18-7-8-19-16(21)14-4-3-9-24-14/h3-4,9,12-13,15,18H,2,5-8,10-11H2,1H3,(H,19,21)/t12-,13+,15?. The number of likely N-dealkylation sites (tertiary alicyclic amines) is 1. The molecule has 1 aliphatic carbocycles. The second kappa shape index (κ2) is 7.98. The van der Waals surface area contributed by atoms with Crippen molar-refractivity contribution in [1.82, 2.24) is 15.5 Å². The highest BCUT2D eigenvalue weighted by atomic mass is 32.1. The average molecular weight is 351 g/mol. The number of hydrogen-bond donors (Lipinski definition) is 2. The van der Waals surface area contributed by atoms with Crippen LogP contribution < -0.4 is 10.6 Å². The van der Waals surface area contributed by atoms with Gasteiger partial charge in [-0.15, -0.1) is 11.3 Å². The van der Waals surface area contributed by atoms with Crippen LogP contribution in [0.15, 0.2) is 17.5 Å². The molecule has 2 heterocycles. The summed E-state index contributed by atoms with van der Waals surface area (Å²) in [6.07, 6.45) is 2.12. The molecule has 2 aliphatic rings. The van der Waals surface area contributed by atoms with Gasteiger partial charge in [-0.05, 0) is 43.0 Å². The van der Waals surface area contributed by atoms with Crippen molar-refractivity contribution in [3.63, 3.8) is 0 Å². The first kappa shape index (κ1) is 17.2. The van der Waals surface area contributed by atoms with E-state index in [1.807, 2.05) is 29.3 Å². The smallest absolute Gasteiger partial charge is 0.409 e. The number of ether oxygens (including phenoxy) is 1. The molecule has 2 fully saturated rings. The predicted octanol–water partition coefficient (Wildman–Crippen LogP) is 1.93. The highest BCUT2D eigenvalue weighted by molar-refractivity contribution is 7.12. The lowest BCUT2D eigenvalue weighted by atomic mass is 9.92. The van der Waals surface area contributed by atoms with E-state index < -0.39 is 0 Å². The van der Waals surface area contributed by atoms with Crippen LogP contribution in [0.25, 0.3) is 0 Å². The second-order valence-corrected chi connectivity index (χ2v) is 7.36. The third-order valence-electron chi connectivity index (χ3n) is 4.90. The van der Waals surface area contributed by atoms with Crippen LogP contribution in [0.5, 0.6) is 0 Å². The van der Waals surface area contributed by atoms with Gasteiger partial charge in [-0.2, -0.15) is 0 Å². The van der Waals surface area contributed by atoms with Crippen molar-refractivity contribution in [1.29, 1.82) is 0 Å². The molecule has 3 atom stereocenters. The van der Waals surface area contributed by atoms with E-state index in [1.165, 1.54) is 11.3 Å². The fraction of sp³-hybridized carbons (Fsp3) is 0.647. The Labute approximate surface area is 146 Å². The largest absolute Gasteiger partial charge is 0.450 e. The molecule has 132 valence electrons. The van der Waals surface area contributed by atoms with Crippen molar-refractivity contribution in [3.8, 4) is 0 Å². The van der Waals surface area contributed by atoms with E-state index in [2.05, 4.69) is 10.6 Å². The van der Waals surface area contributed by atoms with E-state index in [-0.39, 0.29) is 12.0 Å². The summed E-state index contributed by atoms with van der Waals surface area (Å²) in [5.41, 5.74) is 0. The van der Waals surface area contributed by atoms with Gasteiger partial charge in [-0.3, -0.25) is 4.79 Å². The predicted molar refractivity (Wildman–Crippen MR) is 93.3 cm³/mol. The maximum absolute atomic E-state index is 11.9. The first-order chi connectivity index (χ1) is 11.7. The number of fused-ring (bicyclic) bond motifs is 2. The molecule has 1 aliphatic heterocycles. The van der Waals surface area contributed by atoms with E-state index in [0.29, 0.717) is 31.0 Å². The lowest BCUT2D eigenvalue weighted by Gasteiger charge is -2.37. The Hall–Kier alpha value is -1.60. The summed E-state index contributed by atoms with van der Waals surface area (Å²) in [6.45, 7) is 5.19. The molecular formula is C17H25N3O3S. The number of hydrogen-bond acceptors (Lipinski definition) is 5. The number of carbonyl (C=O) groups excluding carboxylic acids is 2. The van der Waals surface area contributed by atoms with Crippen LogP contribution in [0.1, 0.15) is 29.4 Å². The molecule has 7 heteroatoms. The molecule has 1 aromatic rings. The zero-order valence-corrected chi connectivity index (χ0v) is 14.8. The number of nitrogens with one attached hydrogen (secondary N) is 2. The Morgan fingerprint density at radius 2 is 2.04 bits per heavy atom. The molecule has 6 nitrogen and oxygen atoms in total. The van der Waals surface area contributed by atoms with E-state index >= 15 is 0 Å². The third kappa shape index (κ3) is 3.89. The number of rotatable bonds is 6. The van der Waals surface area contributed by atoms with Crippen molar-refractivity contribution >= 4 is 23.3 Å². The quantitative estimate of drug-likeness (QED) is 0.769. The van der Waals surface area contributed by atoms with Gasteiger partial charge in [0.1, 0.15) is 0 Å². The number of amides is 2. The van der Waals surface area contributed by atoms with E-state index in [9.17, 15) is 9.59 Å². The molecule has 24 heavy (non-hydrogen) atoms. The van der Waals surface area contributed by atoms with Gasteiger partial charge in [0.15, 0.2) is 0 Å². The lowest BCUT2D eigenvalue weighted by Crippen LogP contribution is -2.53. The first-order valence-corrected chi connectivity index (χ1v) is 9.53. The fourth-order valence-electron chi connectivity index (χ4n) is 3.83. The molecule has 1 saturated heterocycles. The molecule has 1 unspecified atom stereocenters. The van der Waals surface area contributed by atoms with Crippen LogP contribution in [0.2, 0.25) is 0 Å². The minimum Gasteiger partial charge on any atom is -0.450 e. The Balaban J connectivity index is 1.41. The van der Waals surface area contributed by atoms with Crippen LogP contribution in [0, 0.1) is 11.8 Å². The molecule has 1 aromatic heterocycles. The van der Waals surface area contributed by atoms with Crippen molar-refractivity contribution in [2.75, 3.05) is 32.8 Å². The summed E-state index contributed by atoms with van der Waals surface area (Å²) < 4.78 is 5.12. The topological polar surface area (TPSA) is 70.7 Å². The van der Waals surface area contributed by atoms with Crippen molar-refractivity contribution in [2.45, 2.75) is 25.8 Å². The van der Waals surface area contributed by atoms with Gasteiger partial charge in [0.2, 0.25) is 0 Å². The van der Waals surface area contributed by atoms with Crippen LogP contribution in [-0.2, 0) is 4.74 Å².